The molecule has 0 amide bonds. The lowest BCUT2D eigenvalue weighted by Crippen LogP contribution is -2.40. The molecule has 0 heterocycles. The first-order valence-corrected chi connectivity index (χ1v) is 7.77. The van der Waals surface area contributed by atoms with Gasteiger partial charge < -0.3 is 5.73 Å². The molecule has 0 saturated heterocycles. The van der Waals surface area contributed by atoms with Crippen LogP contribution >= 0.6 is 0 Å². The molecule has 0 spiro atoms. The molecule has 1 fully saturated rings. The summed E-state index contributed by atoms with van der Waals surface area (Å²) in [5.74, 6) is 0.481. The van der Waals surface area contributed by atoms with Crippen LogP contribution in [0.2, 0.25) is 0 Å². The molecule has 18 heavy (non-hydrogen) atoms. The van der Waals surface area contributed by atoms with Crippen molar-refractivity contribution in [2.45, 2.75) is 44.0 Å². The van der Waals surface area contributed by atoms with Crippen LogP contribution in [0.25, 0.3) is 0 Å². The SMILES string of the molecule is Cc1cc(S(=O)(=O)NC(C)C2CCC2)ccc1N. The summed E-state index contributed by atoms with van der Waals surface area (Å²) in [5.41, 5.74) is 7.10. The molecule has 0 bridgehead atoms. The van der Waals surface area contributed by atoms with E-state index in [-0.39, 0.29) is 6.04 Å². The highest BCUT2D eigenvalue weighted by Gasteiger charge is 2.27. The highest BCUT2D eigenvalue weighted by atomic mass is 32.2. The fraction of sp³-hybridized carbons (Fsp3) is 0.538. The van der Waals surface area contributed by atoms with E-state index in [1.165, 1.54) is 6.42 Å². The van der Waals surface area contributed by atoms with Gasteiger partial charge in [-0.05, 0) is 56.4 Å². The fourth-order valence-electron chi connectivity index (χ4n) is 2.16. The van der Waals surface area contributed by atoms with Gasteiger partial charge in [-0.15, -0.1) is 0 Å². The van der Waals surface area contributed by atoms with E-state index in [0.717, 1.165) is 18.4 Å². The van der Waals surface area contributed by atoms with Crippen molar-refractivity contribution in [3.05, 3.63) is 23.8 Å². The number of nitrogens with one attached hydrogen (secondary N) is 1. The van der Waals surface area contributed by atoms with Gasteiger partial charge in [-0.2, -0.15) is 0 Å². The van der Waals surface area contributed by atoms with Gasteiger partial charge in [0, 0.05) is 11.7 Å². The maximum atomic E-state index is 12.2. The van der Waals surface area contributed by atoms with Crippen molar-refractivity contribution >= 4 is 15.7 Å². The number of benzene rings is 1. The predicted molar refractivity (Wildman–Crippen MR) is 72.7 cm³/mol. The molecule has 1 aliphatic carbocycles. The summed E-state index contributed by atoms with van der Waals surface area (Å²) >= 11 is 0. The number of hydrogen-bond donors (Lipinski definition) is 2. The second kappa shape index (κ2) is 4.90. The number of nitrogen functional groups attached to an aromatic ring is 1. The summed E-state index contributed by atoms with van der Waals surface area (Å²) < 4.78 is 27.1. The van der Waals surface area contributed by atoms with Gasteiger partial charge in [-0.25, -0.2) is 13.1 Å². The Morgan fingerprint density at radius 3 is 2.56 bits per heavy atom. The van der Waals surface area contributed by atoms with Gasteiger partial charge in [0.1, 0.15) is 0 Å². The summed E-state index contributed by atoms with van der Waals surface area (Å²) in [6.45, 7) is 3.75. The van der Waals surface area contributed by atoms with Crippen LogP contribution in [0, 0.1) is 12.8 Å². The fourth-order valence-corrected chi connectivity index (χ4v) is 3.56. The Labute approximate surface area is 109 Å². The van der Waals surface area contributed by atoms with Crippen molar-refractivity contribution in [2.75, 3.05) is 5.73 Å². The molecule has 0 aliphatic heterocycles. The number of rotatable bonds is 4. The maximum absolute atomic E-state index is 12.2. The smallest absolute Gasteiger partial charge is 0.240 e. The zero-order valence-corrected chi connectivity index (χ0v) is 11.6. The van der Waals surface area contributed by atoms with E-state index in [2.05, 4.69) is 4.72 Å². The van der Waals surface area contributed by atoms with Crippen molar-refractivity contribution in [1.29, 1.82) is 0 Å². The molecule has 5 heteroatoms. The second-order valence-electron chi connectivity index (χ2n) is 5.12. The standard InChI is InChI=1S/C13H20N2O2S/c1-9-8-12(6-7-13(9)14)18(16,17)15-10(2)11-4-3-5-11/h6-8,10-11,15H,3-5,14H2,1-2H3. The average molecular weight is 268 g/mol. The monoisotopic (exact) mass is 268 g/mol. The number of sulfonamides is 1. The van der Waals surface area contributed by atoms with Crippen molar-refractivity contribution < 1.29 is 8.42 Å². The van der Waals surface area contributed by atoms with Crippen LogP contribution in [0.5, 0.6) is 0 Å². The van der Waals surface area contributed by atoms with Crippen molar-refractivity contribution in [1.82, 2.24) is 4.72 Å². The van der Waals surface area contributed by atoms with Crippen molar-refractivity contribution in [3.63, 3.8) is 0 Å². The Bertz CT molecular complexity index is 536. The number of hydrogen-bond acceptors (Lipinski definition) is 3. The van der Waals surface area contributed by atoms with Gasteiger partial charge >= 0.3 is 0 Å². The van der Waals surface area contributed by atoms with Gasteiger partial charge in [0.25, 0.3) is 0 Å². The third-order valence-corrected chi connectivity index (χ3v) is 5.31. The number of nitrogens with two attached hydrogens (primary N) is 1. The molecular weight excluding hydrogens is 248 g/mol. The van der Waals surface area contributed by atoms with Crippen LogP contribution in [0.4, 0.5) is 5.69 Å². The van der Waals surface area contributed by atoms with Crippen LogP contribution in [0.1, 0.15) is 31.7 Å². The van der Waals surface area contributed by atoms with Crippen LogP contribution in [0.3, 0.4) is 0 Å². The summed E-state index contributed by atoms with van der Waals surface area (Å²) in [5, 5.41) is 0. The molecular formula is C13H20N2O2S. The molecule has 1 unspecified atom stereocenters. The summed E-state index contributed by atoms with van der Waals surface area (Å²) in [7, 11) is -3.43. The third-order valence-electron chi connectivity index (χ3n) is 3.75. The first-order valence-electron chi connectivity index (χ1n) is 6.28. The van der Waals surface area contributed by atoms with Crippen LogP contribution in [0.15, 0.2) is 23.1 Å². The zero-order chi connectivity index (χ0) is 13.3. The third kappa shape index (κ3) is 2.67. The Morgan fingerprint density at radius 2 is 2.06 bits per heavy atom. The molecule has 100 valence electrons. The average Bonchev–Trinajstić information content (AvgIpc) is 2.18. The van der Waals surface area contributed by atoms with Crippen LogP contribution < -0.4 is 10.5 Å². The highest BCUT2D eigenvalue weighted by Crippen LogP contribution is 2.30. The topological polar surface area (TPSA) is 72.2 Å². The molecule has 1 aromatic carbocycles. The predicted octanol–water partition coefficient (Wildman–Crippen LogP) is 2.04. The molecule has 2 rings (SSSR count). The molecule has 1 saturated carbocycles. The largest absolute Gasteiger partial charge is 0.399 e. The summed E-state index contributed by atoms with van der Waals surface area (Å²) in [6, 6.07) is 4.81. The van der Waals surface area contributed by atoms with Crippen molar-refractivity contribution in [3.8, 4) is 0 Å². The van der Waals surface area contributed by atoms with Gasteiger partial charge in [0.2, 0.25) is 10.0 Å². The number of aryl methyl sites for hydroxylation is 1. The zero-order valence-electron chi connectivity index (χ0n) is 10.8. The maximum Gasteiger partial charge on any atom is 0.240 e. The second-order valence-corrected chi connectivity index (χ2v) is 6.83. The first-order chi connectivity index (χ1) is 8.40. The van der Waals surface area contributed by atoms with E-state index in [1.54, 1.807) is 18.2 Å². The lowest BCUT2D eigenvalue weighted by atomic mass is 9.81. The van der Waals surface area contributed by atoms with E-state index >= 15 is 0 Å². The summed E-state index contributed by atoms with van der Waals surface area (Å²) in [4.78, 5) is 0.292. The van der Waals surface area contributed by atoms with Gasteiger partial charge in [0.05, 0.1) is 4.90 Å². The van der Waals surface area contributed by atoms with Gasteiger partial charge in [0.15, 0.2) is 0 Å². The number of anilines is 1. The van der Waals surface area contributed by atoms with E-state index in [0.29, 0.717) is 16.5 Å². The minimum absolute atomic E-state index is 0.00149. The molecule has 1 atom stereocenters. The molecule has 1 aromatic rings. The molecule has 0 radical (unpaired) electrons. The van der Waals surface area contributed by atoms with Gasteiger partial charge in [-0.1, -0.05) is 6.42 Å². The Balaban J connectivity index is 2.16. The molecule has 0 aromatic heterocycles. The normalized spacial score (nSPS) is 18.3. The van der Waals surface area contributed by atoms with Crippen LogP contribution in [-0.4, -0.2) is 14.5 Å². The molecule has 3 N–H and O–H groups in total. The lowest BCUT2D eigenvalue weighted by molar-refractivity contribution is 0.260. The quantitative estimate of drug-likeness (QED) is 0.821. The van der Waals surface area contributed by atoms with E-state index < -0.39 is 10.0 Å². The Kier molecular flexibility index (Phi) is 3.64. The van der Waals surface area contributed by atoms with Gasteiger partial charge in [-0.3, -0.25) is 0 Å². The molecule has 1 aliphatic rings. The molecule has 4 nitrogen and oxygen atoms in total. The van der Waals surface area contributed by atoms with Crippen LogP contribution in [-0.2, 0) is 10.0 Å². The minimum atomic E-state index is -3.43. The lowest BCUT2D eigenvalue weighted by Gasteiger charge is -2.31. The highest BCUT2D eigenvalue weighted by molar-refractivity contribution is 7.89. The van der Waals surface area contributed by atoms with E-state index in [4.69, 9.17) is 5.73 Å². The van der Waals surface area contributed by atoms with E-state index in [9.17, 15) is 8.42 Å². The van der Waals surface area contributed by atoms with Crippen molar-refractivity contribution in [2.24, 2.45) is 5.92 Å². The Hall–Kier alpha value is -1.07. The summed E-state index contributed by atoms with van der Waals surface area (Å²) in [6.07, 6.45) is 3.44. The van der Waals surface area contributed by atoms with E-state index in [1.807, 2.05) is 13.8 Å². The Morgan fingerprint density at radius 1 is 1.39 bits per heavy atom. The minimum Gasteiger partial charge on any atom is -0.399 e. The first kappa shape index (κ1) is 13.4.